The minimum atomic E-state index is -0.837. The second-order valence-corrected chi connectivity index (χ2v) is 3.76. The van der Waals surface area contributed by atoms with Gasteiger partial charge in [-0.3, -0.25) is 9.59 Å². The van der Waals surface area contributed by atoms with E-state index in [1.54, 1.807) is 4.90 Å². The Morgan fingerprint density at radius 2 is 2.31 bits per heavy atom. The molecule has 0 aliphatic carbocycles. The zero-order chi connectivity index (χ0) is 11.5. The summed E-state index contributed by atoms with van der Waals surface area (Å²) in [6, 6.07) is 0. The van der Waals surface area contributed by atoms with Crippen LogP contribution in [0.25, 0.3) is 0 Å². The summed E-state index contributed by atoms with van der Waals surface area (Å²) in [7, 11) is 0. The Bertz CT molecular complexity index is 389. The summed E-state index contributed by atoms with van der Waals surface area (Å²) in [6.45, 7) is 0.916. The van der Waals surface area contributed by atoms with Crippen LogP contribution in [0.2, 0.25) is 0 Å². The van der Waals surface area contributed by atoms with Gasteiger partial charge in [0.2, 0.25) is 5.91 Å². The number of aliphatic carboxylic acids is 1. The molecule has 0 spiro atoms. The molecule has 1 aromatic rings. The molecule has 0 bridgehead atoms. The Morgan fingerprint density at radius 3 is 2.88 bits per heavy atom. The lowest BCUT2D eigenvalue weighted by Crippen LogP contribution is -2.32. The zero-order valence-corrected chi connectivity index (χ0v) is 8.61. The van der Waals surface area contributed by atoms with Gasteiger partial charge in [-0.05, 0) is 6.42 Å². The fourth-order valence-electron chi connectivity index (χ4n) is 1.74. The van der Waals surface area contributed by atoms with Gasteiger partial charge in [-0.15, -0.1) is 0 Å². The van der Waals surface area contributed by atoms with Gasteiger partial charge in [0.1, 0.15) is 19.2 Å². The molecule has 1 aromatic heterocycles. The van der Waals surface area contributed by atoms with Crippen LogP contribution < -0.4 is 0 Å². The molecule has 0 radical (unpaired) electrons. The highest BCUT2D eigenvalue weighted by atomic mass is 16.4. The number of rotatable bonds is 3. The highest BCUT2D eigenvalue weighted by Crippen LogP contribution is 2.16. The Labute approximate surface area is 91.7 Å². The highest BCUT2D eigenvalue weighted by Gasteiger charge is 2.30. The van der Waals surface area contributed by atoms with Gasteiger partial charge in [-0.2, -0.15) is 5.10 Å². The molecule has 2 rings (SSSR count). The van der Waals surface area contributed by atoms with Crippen molar-refractivity contribution in [3.63, 3.8) is 0 Å². The summed E-state index contributed by atoms with van der Waals surface area (Å²) >= 11 is 0. The van der Waals surface area contributed by atoms with Crippen LogP contribution in [0.15, 0.2) is 12.7 Å². The first-order valence-corrected chi connectivity index (χ1v) is 5.00. The molecule has 1 atom stereocenters. The molecule has 1 saturated heterocycles. The SMILES string of the molecule is O=C(O)[C@H]1CCN(C(=O)Cn2cncn2)C1. The minimum absolute atomic E-state index is 0.116. The average Bonchev–Trinajstić information content (AvgIpc) is 2.86. The third kappa shape index (κ3) is 2.18. The van der Waals surface area contributed by atoms with Crippen molar-refractivity contribution in [1.82, 2.24) is 19.7 Å². The van der Waals surface area contributed by atoms with Gasteiger partial charge in [0, 0.05) is 13.1 Å². The van der Waals surface area contributed by atoms with Crippen LogP contribution >= 0.6 is 0 Å². The zero-order valence-electron chi connectivity index (χ0n) is 8.61. The lowest BCUT2D eigenvalue weighted by Gasteiger charge is -2.15. The second kappa shape index (κ2) is 4.30. The van der Waals surface area contributed by atoms with Crippen LogP contribution in [0, 0.1) is 5.92 Å². The van der Waals surface area contributed by atoms with E-state index in [-0.39, 0.29) is 12.5 Å². The predicted octanol–water partition coefficient (Wildman–Crippen LogP) is -0.789. The van der Waals surface area contributed by atoms with Gasteiger partial charge in [-0.25, -0.2) is 9.67 Å². The molecule has 0 unspecified atom stereocenters. The van der Waals surface area contributed by atoms with E-state index in [0.29, 0.717) is 19.5 Å². The first-order valence-electron chi connectivity index (χ1n) is 5.00. The summed E-state index contributed by atoms with van der Waals surface area (Å²) in [4.78, 5) is 27.7. The summed E-state index contributed by atoms with van der Waals surface area (Å²) in [5.41, 5.74) is 0. The van der Waals surface area contributed by atoms with Crippen molar-refractivity contribution >= 4 is 11.9 Å². The summed E-state index contributed by atoms with van der Waals surface area (Å²) in [5.74, 6) is -1.38. The smallest absolute Gasteiger partial charge is 0.308 e. The maximum atomic E-state index is 11.7. The van der Waals surface area contributed by atoms with E-state index in [1.165, 1.54) is 17.3 Å². The number of carboxylic acids is 1. The maximum Gasteiger partial charge on any atom is 0.308 e. The fraction of sp³-hybridized carbons (Fsp3) is 0.556. The third-order valence-corrected chi connectivity index (χ3v) is 2.65. The van der Waals surface area contributed by atoms with Crippen molar-refractivity contribution in [2.45, 2.75) is 13.0 Å². The van der Waals surface area contributed by atoms with Crippen molar-refractivity contribution < 1.29 is 14.7 Å². The molecule has 7 heteroatoms. The van der Waals surface area contributed by atoms with Crippen molar-refractivity contribution in [3.05, 3.63) is 12.7 Å². The molecular weight excluding hydrogens is 212 g/mol. The van der Waals surface area contributed by atoms with Crippen LogP contribution in [0.3, 0.4) is 0 Å². The first-order chi connectivity index (χ1) is 7.66. The lowest BCUT2D eigenvalue weighted by molar-refractivity contribution is -0.141. The van der Waals surface area contributed by atoms with Crippen LogP contribution in [0.5, 0.6) is 0 Å². The Morgan fingerprint density at radius 1 is 1.50 bits per heavy atom. The molecule has 2 heterocycles. The van der Waals surface area contributed by atoms with Crippen LogP contribution in [0.1, 0.15) is 6.42 Å². The van der Waals surface area contributed by atoms with Crippen LogP contribution in [-0.2, 0) is 16.1 Å². The van der Waals surface area contributed by atoms with E-state index >= 15 is 0 Å². The van der Waals surface area contributed by atoms with Gasteiger partial charge in [0.05, 0.1) is 5.92 Å². The molecule has 1 aliphatic rings. The van der Waals surface area contributed by atoms with Crippen molar-refractivity contribution in [3.8, 4) is 0 Å². The van der Waals surface area contributed by atoms with Crippen LogP contribution in [0.4, 0.5) is 0 Å². The molecule has 7 nitrogen and oxygen atoms in total. The van der Waals surface area contributed by atoms with Crippen molar-refractivity contribution in [1.29, 1.82) is 0 Å². The standard InChI is InChI=1S/C9H12N4O3/c14-8(4-13-6-10-5-11-13)12-2-1-7(3-12)9(15)16/h5-7H,1-4H2,(H,15,16)/t7-/m0/s1. The number of aromatic nitrogens is 3. The topological polar surface area (TPSA) is 88.3 Å². The monoisotopic (exact) mass is 224 g/mol. The minimum Gasteiger partial charge on any atom is -0.481 e. The van der Waals surface area contributed by atoms with Gasteiger partial charge >= 0.3 is 5.97 Å². The van der Waals surface area contributed by atoms with Gasteiger partial charge < -0.3 is 10.0 Å². The number of carboxylic acid groups (broad SMARTS) is 1. The largest absolute Gasteiger partial charge is 0.481 e. The average molecular weight is 224 g/mol. The quantitative estimate of drug-likeness (QED) is 0.727. The number of amides is 1. The molecular formula is C9H12N4O3. The predicted molar refractivity (Wildman–Crippen MR) is 52.3 cm³/mol. The van der Waals surface area contributed by atoms with E-state index in [0.717, 1.165) is 0 Å². The number of hydrogen-bond donors (Lipinski definition) is 1. The maximum absolute atomic E-state index is 11.7. The van der Waals surface area contributed by atoms with Gasteiger partial charge in [-0.1, -0.05) is 0 Å². The molecule has 1 aliphatic heterocycles. The molecule has 1 N–H and O–H groups in total. The number of hydrogen-bond acceptors (Lipinski definition) is 4. The number of likely N-dealkylation sites (tertiary alicyclic amines) is 1. The van der Waals surface area contributed by atoms with E-state index in [2.05, 4.69) is 10.1 Å². The summed E-state index contributed by atoms with van der Waals surface area (Å²) in [6.07, 6.45) is 3.35. The molecule has 86 valence electrons. The normalized spacial score (nSPS) is 20.0. The van der Waals surface area contributed by atoms with Gasteiger partial charge in [0.25, 0.3) is 0 Å². The number of carbonyl (C=O) groups excluding carboxylic acids is 1. The molecule has 1 amide bonds. The fourth-order valence-corrected chi connectivity index (χ4v) is 1.74. The molecule has 1 fully saturated rings. The highest BCUT2D eigenvalue weighted by molar-refractivity contribution is 5.78. The van der Waals surface area contributed by atoms with Crippen molar-refractivity contribution in [2.24, 2.45) is 5.92 Å². The van der Waals surface area contributed by atoms with Crippen molar-refractivity contribution in [2.75, 3.05) is 13.1 Å². The Balaban J connectivity index is 1.90. The first kappa shape index (κ1) is 10.6. The Hall–Kier alpha value is -1.92. The lowest BCUT2D eigenvalue weighted by atomic mass is 10.1. The second-order valence-electron chi connectivity index (χ2n) is 3.76. The van der Waals surface area contributed by atoms with E-state index in [9.17, 15) is 9.59 Å². The van der Waals surface area contributed by atoms with E-state index < -0.39 is 11.9 Å². The number of nitrogens with zero attached hydrogens (tertiary/aromatic N) is 4. The molecule has 16 heavy (non-hydrogen) atoms. The molecule has 0 saturated carbocycles. The van der Waals surface area contributed by atoms with Crippen LogP contribution in [-0.4, -0.2) is 49.7 Å². The van der Waals surface area contributed by atoms with E-state index in [4.69, 9.17) is 5.11 Å². The summed E-state index contributed by atoms with van der Waals surface area (Å²) in [5, 5.41) is 12.6. The third-order valence-electron chi connectivity index (χ3n) is 2.65. The number of carbonyl (C=O) groups is 2. The van der Waals surface area contributed by atoms with E-state index in [1.807, 2.05) is 0 Å². The molecule has 0 aromatic carbocycles. The van der Waals surface area contributed by atoms with Gasteiger partial charge in [0.15, 0.2) is 0 Å². The Kier molecular flexibility index (Phi) is 2.84. The summed E-state index contributed by atoms with van der Waals surface area (Å²) < 4.78 is 1.43.